The summed E-state index contributed by atoms with van der Waals surface area (Å²) in [6.45, 7) is 0. The van der Waals surface area contributed by atoms with E-state index in [1.807, 2.05) is 36.7 Å². The summed E-state index contributed by atoms with van der Waals surface area (Å²) in [5.74, 6) is 1.16. The minimum atomic E-state index is 0.236. The average Bonchev–Trinajstić information content (AvgIpc) is 2.58. The first-order valence-electron chi connectivity index (χ1n) is 4.83. The Balaban J connectivity index is 0.000000151. The minimum absolute atomic E-state index is 0.236. The van der Waals surface area contributed by atoms with Gasteiger partial charge in [0.25, 0.3) is 0 Å². The zero-order valence-corrected chi connectivity index (χ0v) is 9.23. The molecule has 0 bridgehead atoms. The maximum atomic E-state index is 7.97. The Hall–Kier alpha value is -1.32. The monoisotopic (exact) mass is 222 g/mol. The molecule has 0 aromatic heterocycles. The van der Waals surface area contributed by atoms with Gasteiger partial charge in [0.15, 0.2) is 0 Å². The second kappa shape index (κ2) is 8.03. The third-order valence-electron chi connectivity index (χ3n) is 1.80. The highest BCUT2D eigenvalue weighted by atomic mass is 32.2. The highest BCUT2D eigenvalue weighted by Gasteiger charge is 2.12. The zero-order valence-electron chi connectivity index (χ0n) is 8.41. The summed E-state index contributed by atoms with van der Waals surface area (Å²) in [5, 5.41) is 6.73. The zero-order chi connectivity index (χ0) is 10.8. The van der Waals surface area contributed by atoms with Gasteiger partial charge in [0.1, 0.15) is 0 Å². The third-order valence-corrected chi connectivity index (χ3v) is 3.04. The number of rotatable bonds is 1. The van der Waals surface area contributed by atoms with Crippen LogP contribution in [0.5, 0.6) is 0 Å². The van der Waals surface area contributed by atoms with Gasteiger partial charge in [0.2, 0.25) is 0 Å². The van der Waals surface area contributed by atoms with Gasteiger partial charge in [-0.05, 0) is 36.3 Å². The fraction of sp³-hybridized carbons (Fsp3) is 0.400. The van der Waals surface area contributed by atoms with Gasteiger partial charge >= 0.3 is 0 Å². The summed E-state index contributed by atoms with van der Waals surface area (Å²) in [4.78, 5) is 2.72. The van der Waals surface area contributed by atoms with Gasteiger partial charge in [0, 0.05) is 17.3 Å². The van der Waals surface area contributed by atoms with Gasteiger partial charge in [-0.25, -0.2) is 0 Å². The summed E-state index contributed by atoms with van der Waals surface area (Å²) in [6.07, 6.45) is 13.8. The molecule has 1 unspecified atom stereocenters. The lowest BCUT2D eigenvalue weighted by Crippen LogP contribution is -1.87. The number of thioether (sulfide) groups is 1. The molecular formula is C10H14N4S. The van der Waals surface area contributed by atoms with E-state index in [0.717, 1.165) is 12.2 Å². The van der Waals surface area contributed by atoms with E-state index in [-0.39, 0.29) is 5.37 Å². The molecule has 0 aromatic carbocycles. The Morgan fingerprint density at radius 2 is 2.00 bits per heavy atom. The molecule has 0 saturated carbocycles. The van der Waals surface area contributed by atoms with Crippen molar-refractivity contribution < 1.29 is 0 Å². The third kappa shape index (κ3) is 5.88. The molecule has 0 aliphatic carbocycles. The van der Waals surface area contributed by atoms with Crippen LogP contribution in [0.3, 0.4) is 0 Å². The van der Waals surface area contributed by atoms with Crippen LogP contribution in [0.1, 0.15) is 12.8 Å². The smallest absolute Gasteiger partial charge is 0.0833 e. The lowest BCUT2D eigenvalue weighted by Gasteiger charge is -1.92. The van der Waals surface area contributed by atoms with Gasteiger partial charge < -0.3 is 5.32 Å². The highest BCUT2D eigenvalue weighted by Crippen LogP contribution is 2.26. The van der Waals surface area contributed by atoms with Crippen molar-refractivity contribution in [2.45, 2.75) is 18.2 Å². The van der Waals surface area contributed by atoms with Crippen molar-refractivity contribution in [3.05, 3.63) is 47.1 Å². The van der Waals surface area contributed by atoms with Crippen molar-refractivity contribution in [3.8, 4) is 0 Å². The number of hydrogen-bond acceptors (Lipinski definition) is 3. The SMILES string of the molecule is C1=CC=CNC=C1.[N-]=[N+]=NC1CCCS1. The van der Waals surface area contributed by atoms with Gasteiger partial charge in [-0.2, -0.15) is 11.8 Å². The first-order chi connectivity index (χ1) is 7.43. The van der Waals surface area contributed by atoms with E-state index in [1.165, 1.54) is 6.42 Å². The second-order valence-corrected chi connectivity index (χ2v) is 4.23. The fourth-order valence-electron chi connectivity index (χ4n) is 1.12. The number of azide groups is 1. The molecule has 80 valence electrons. The Kier molecular flexibility index (Phi) is 6.29. The van der Waals surface area contributed by atoms with Crippen LogP contribution in [0.2, 0.25) is 0 Å². The second-order valence-electron chi connectivity index (χ2n) is 2.94. The predicted octanol–water partition coefficient (Wildman–Crippen LogP) is 3.32. The van der Waals surface area contributed by atoms with Crippen molar-refractivity contribution in [3.63, 3.8) is 0 Å². The van der Waals surface area contributed by atoms with E-state index in [1.54, 1.807) is 11.8 Å². The molecule has 0 spiro atoms. The lowest BCUT2D eigenvalue weighted by atomic mass is 10.3. The van der Waals surface area contributed by atoms with Crippen LogP contribution >= 0.6 is 11.8 Å². The van der Waals surface area contributed by atoms with E-state index in [2.05, 4.69) is 15.3 Å². The van der Waals surface area contributed by atoms with Crippen LogP contribution in [-0.4, -0.2) is 11.1 Å². The van der Waals surface area contributed by atoms with Crippen molar-refractivity contribution in [2.75, 3.05) is 5.75 Å². The van der Waals surface area contributed by atoms with Crippen LogP contribution in [-0.2, 0) is 0 Å². The van der Waals surface area contributed by atoms with Crippen LogP contribution in [0, 0.1) is 0 Å². The quantitative estimate of drug-likeness (QED) is 0.420. The number of nitrogens with one attached hydrogen (secondary N) is 1. The average molecular weight is 222 g/mol. The molecule has 4 nitrogen and oxygen atoms in total. The molecule has 2 heterocycles. The Bertz CT molecular complexity index is 283. The number of allylic oxidation sites excluding steroid dienone is 4. The predicted molar refractivity (Wildman–Crippen MR) is 65.2 cm³/mol. The van der Waals surface area contributed by atoms with Crippen LogP contribution in [0.15, 0.2) is 41.8 Å². The lowest BCUT2D eigenvalue weighted by molar-refractivity contribution is 0.807. The van der Waals surface area contributed by atoms with E-state index in [4.69, 9.17) is 5.53 Å². The molecule has 0 radical (unpaired) electrons. The van der Waals surface area contributed by atoms with E-state index in [0.29, 0.717) is 0 Å². The van der Waals surface area contributed by atoms with Gasteiger partial charge in [-0.3, -0.25) is 0 Å². The molecule has 1 saturated heterocycles. The van der Waals surface area contributed by atoms with Crippen LogP contribution in [0.25, 0.3) is 10.4 Å². The molecular weight excluding hydrogens is 208 g/mol. The number of nitrogens with zero attached hydrogens (tertiary/aromatic N) is 3. The summed E-state index contributed by atoms with van der Waals surface area (Å²) in [6, 6.07) is 0. The first-order valence-corrected chi connectivity index (χ1v) is 5.88. The van der Waals surface area contributed by atoms with E-state index in [9.17, 15) is 0 Å². The van der Waals surface area contributed by atoms with Gasteiger partial charge in [-0.1, -0.05) is 17.3 Å². The Labute approximate surface area is 93.8 Å². The molecule has 5 heteroatoms. The van der Waals surface area contributed by atoms with Crippen molar-refractivity contribution >= 4 is 11.8 Å². The molecule has 0 amide bonds. The van der Waals surface area contributed by atoms with Gasteiger partial charge in [-0.15, -0.1) is 0 Å². The highest BCUT2D eigenvalue weighted by molar-refractivity contribution is 8.00. The summed E-state index contributed by atoms with van der Waals surface area (Å²) >= 11 is 1.75. The van der Waals surface area contributed by atoms with E-state index < -0.39 is 0 Å². The molecule has 2 rings (SSSR count). The van der Waals surface area contributed by atoms with Crippen molar-refractivity contribution in [1.29, 1.82) is 0 Å². The largest absolute Gasteiger partial charge is 0.368 e. The summed E-state index contributed by atoms with van der Waals surface area (Å²) in [7, 11) is 0. The topological polar surface area (TPSA) is 60.8 Å². The Morgan fingerprint density at radius 3 is 2.53 bits per heavy atom. The summed E-state index contributed by atoms with van der Waals surface area (Å²) < 4.78 is 0. The fourth-order valence-corrected chi connectivity index (χ4v) is 2.16. The van der Waals surface area contributed by atoms with Crippen molar-refractivity contribution in [1.82, 2.24) is 5.32 Å². The maximum Gasteiger partial charge on any atom is 0.0833 e. The molecule has 1 atom stereocenters. The van der Waals surface area contributed by atoms with Gasteiger partial charge in [0.05, 0.1) is 5.37 Å². The van der Waals surface area contributed by atoms with E-state index >= 15 is 0 Å². The molecule has 15 heavy (non-hydrogen) atoms. The molecule has 2 aliphatic heterocycles. The normalized spacial score (nSPS) is 22.0. The molecule has 1 fully saturated rings. The van der Waals surface area contributed by atoms with Crippen LogP contribution < -0.4 is 5.32 Å². The Morgan fingerprint density at radius 1 is 1.27 bits per heavy atom. The number of hydrogen-bond donors (Lipinski definition) is 1. The standard InChI is InChI=1S/C6H7N.C4H7N3S/c1-2-4-6-7-5-3-1;5-7-6-4-2-1-3-8-4/h1-7H;4H,1-3H2. The molecule has 2 aliphatic rings. The van der Waals surface area contributed by atoms with Crippen molar-refractivity contribution in [2.24, 2.45) is 5.11 Å². The summed E-state index contributed by atoms with van der Waals surface area (Å²) in [5.41, 5.74) is 7.97. The first kappa shape index (κ1) is 11.8. The maximum absolute atomic E-state index is 7.97. The van der Waals surface area contributed by atoms with Crippen LogP contribution in [0.4, 0.5) is 0 Å². The molecule has 1 N–H and O–H groups in total. The minimum Gasteiger partial charge on any atom is -0.368 e. The molecule has 0 aromatic rings.